The Bertz CT molecular complexity index is 646. The van der Waals surface area contributed by atoms with E-state index in [4.69, 9.17) is 0 Å². The quantitative estimate of drug-likeness (QED) is 0.918. The lowest BCUT2D eigenvalue weighted by molar-refractivity contribution is -0.120. The number of halogens is 2. The van der Waals surface area contributed by atoms with Crippen molar-refractivity contribution in [2.45, 2.75) is 19.5 Å². The zero-order valence-corrected chi connectivity index (χ0v) is 12.5. The van der Waals surface area contributed by atoms with Gasteiger partial charge in [0.15, 0.2) is 0 Å². The molecule has 0 radical (unpaired) electrons. The maximum absolute atomic E-state index is 13.6. The molecule has 2 aromatic rings. The predicted molar refractivity (Wildman–Crippen MR) is 82.4 cm³/mol. The fourth-order valence-corrected chi connectivity index (χ4v) is 2.04. The lowest BCUT2D eigenvalue weighted by Gasteiger charge is -2.24. The fraction of sp³-hybridized carbons (Fsp3) is 0.235. The second-order valence-corrected chi connectivity index (χ2v) is 5.19. The maximum atomic E-state index is 13.6. The predicted octanol–water partition coefficient (Wildman–Crippen LogP) is 3.42. The van der Waals surface area contributed by atoms with Crippen LogP contribution in [0.1, 0.15) is 12.5 Å². The highest BCUT2D eigenvalue weighted by Crippen LogP contribution is 2.16. The highest BCUT2D eigenvalue weighted by atomic mass is 19.1. The van der Waals surface area contributed by atoms with Gasteiger partial charge in [-0.05, 0) is 31.7 Å². The highest BCUT2D eigenvalue weighted by Gasteiger charge is 2.19. The molecule has 116 valence electrons. The molecule has 0 aliphatic carbocycles. The number of nitrogens with zero attached hydrogens (tertiary/aromatic N) is 1. The Labute approximate surface area is 128 Å². The largest absolute Gasteiger partial charge is 0.322 e. The molecule has 1 atom stereocenters. The van der Waals surface area contributed by atoms with Crippen LogP contribution in [-0.4, -0.2) is 23.9 Å². The van der Waals surface area contributed by atoms with Crippen LogP contribution in [0.2, 0.25) is 0 Å². The molecule has 0 spiro atoms. The molecular weight excluding hydrogens is 286 g/mol. The number of rotatable bonds is 5. The first kappa shape index (κ1) is 16.1. The molecule has 0 saturated heterocycles. The monoisotopic (exact) mass is 304 g/mol. The molecule has 0 saturated carbocycles. The molecule has 0 aromatic heterocycles. The van der Waals surface area contributed by atoms with E-state index in [-0.39, 0.29) is 11.6 Å². The van der Waals surface area contributed by atoms with Gasteiger partial charge >= 0.3 is 0 Å². The van der Waals surface area contributed by atoms with Gasteiger partial charge in [-0.25, -0.2) is 8.78 Å². The van der Waals surface area contributed by atoms with E-state index in [0.29, 0.717) is 6.54 Å². The van der Waals surface area contributed by atoms with Crippen LogP contribution < -0.4 is 5.32 Å². The van der Waals surface area contributed by atoms with Gasteiger partial charge in [-0.1, -0.05) is 30.3 Å². The number of hydrogen-bond donors (Lipinski definition) is 1. The molecule has 1 N–H and O–H groups in total. The molecule has 0 fully saturated rings. The Morgan fingerprint density at radius 3 is 2.50 bits per heavy atom. The van der Waals surface area contributed by atoms with Gasteiger partial charge in [0.05, 0.1) is 11.7 Å². The second kappa shape index (κ2) is 7.13. The van der Waals surface area contributed by atoms with Crippen LogP contribution in [0, 0.1) is 11.6 Å². The molecular formula is C17H18F2N2O. The molecule has 1 amide bonds. The molecule has 22 heavy (non-hydrogen) atoms. The van der Waals surface area contributed by atoms with Gasteiger partial charge < -0.3 is 5.32 Å². The van der Waals surface area contributed by atoms with Gasteiger partial charge in [-0.15, -0.1) is 0 Å². The molecule has 5 heteroatoms. The normalized spacial score (nSPS) is 12.2. The molecule has 2 rings (SSSR count). The van der Waals surface area contributed by atoms with Crippen molar-refractivity contribution in [1.82, 2.24) is 4.90 Å². The van der Waals surface area contributed by atoms with Gasteiger partial charge in [0.25, 0.3) is 0 Å². The molecule has 0 aliphatic rings. The first-order chi connectivity index (χ1) is 10.5. The fourth-order valence-electron chi connectivity index (χ4n) is 2.04. The van der Waals surface area contributed by atoms with Crippen molar-refractivity contribution in [3.8, 4) is 0 Å². The third-order valence-electron chi connectivity index (χ3n) is 3.50. The van der Waals surface area contributed by atoms with Crippen molar-refractivity contribution in [3.63, 3.8) is 0 Å². The van der Waals surface area contributed by atoms with Crippen molar-refractivity contribution in [3.05, 3.63) is 65.7 Å². The molecule has 0 unspecified atom stereocenters. The number of hydrogen-bond acceptors (Lipinski definition) is 2. The van der Waals surface area contributed by atoms with Crippen molar-refractivity contribution >= 4 is 11.6 Å². The summed E-state index contributed by atoms with van der Waals surface area (Å²) in [7, 11) is 1.82. The number of likely N-dealkylation sites (N-methyl/N-ethyl adjacent to an activating group) is 1. The van der Waals surface area contributed by atoms with E-state index in [9.17, 15) is 13.6 Å². The van der Waals surface area contributed by atoms with Crippen molar-refractivity contribution < 1.29 is 13.6 Å². The topological polar surface area (TPSA) is 32.3 Å². The van der Waals surface area contributed by atoms with Gasteiger partial charge in [-0.2, -0.15) is 0 Å². The molecule has 0 bridgehead atoms. The van der Waals surface area contributed by atoms with Crippen LogP contribution in [0.4, 0.5) is 14.5 Å². The minimum atomic E-state index is -0.786. The average molecular weight is 304 g/mol. The van der Waals surface area contributed by atoms with Gasteiger partial charge in [0.1, 0.15) is 11.6 Å². The summed E-state index contributed by atoms with van der Waals surface area (Å²) in [6, 6.07) is 12.4. The molecule has 0 aliphatic heterocycles. The van der Waals surface area contributed by atoms with E-state index in [2.05, 4.69) is 5.32 Å². The van der Waals surface area contributed by atoms with Crippen LogP contribution in [0.25, 0.3) is 0 Å². The summed E-state index contributed by atoms with van der Waals surface area (Å²) in [6.45, 7) is 2.33. The van der Waals surface area contributed by atoms with Crippen LogP contribution >= 0.6 is 0 Å². The number of nitrogens with one attached hydrogen (secondary N) is 1. The number of benzene rings is 2. The first-order valence-corrected chi connectivity index (χ1v) is 6.97. The number of amides is 1. The van der Waals surface area contributed by atoms with Crippen molar-refractivity contribution in [2.24, 2.45) is 0 Å². The van der Waals surface area contributed by atoms with Crippen molar-refractivity contribution in [2.75, 3.05) is 12.4 Å². The van der Waals surface area contributed by atoms with Crippen LogP contribution in [-0.2, 0) is 11.3 Å². The minimum absolute atomic E-state index is 0.0219. The lowest BCUT2D eigenvalue weighted by Crippen LogP contribution is -2.39. The molecule has 3 nitrogen and oxygen atoms in total. The summed E-state index contributed by atoms with van der Waals surface area (Å²) in [6.07, 6.45) is 0. The zero-order chi connectivity index (χ0) is 16.1. The van der Waals surface area contributed by atoms with Crippen molar-refractivity contribution in [1.29, 1.82) is 0 Å². The number of anilines is 1. The Kier molecular flexibility index (Phi) is 5.22. The van der Waals surface area contributed by atoms with Crippen LogP contribution in [0.5, 0.6) is 0 Å². The maximum Gasteiger partial charge on any atom is 0.241 e. The zero-order valence-electron chi connectivity index (χ0n) is 12.5. The lowest BCUT2D eigenvalue weighted by atomic mass is 10.2. The van der Waals surface area contributed by atoms with Gasteiger partial charge in [-0.3, -0.25) is 9.69 Å². The Morgan fingerprint density at radius 2 is 1.86 bits per heavy atom. The molecule has 0 heterocycles. The second-order valence-electron chi connectivity index (χ2n) is 5.19. The Balaban J connectivity index is 1.99. The van der Waals surface area contributed by atoms with E-state index >= 15 is 0 Å². The highest BCUT2D eigenvalue weighted by molar-refractivity contribution is 5.94. The third kappa shape index (κ3) is 4.11. The summed E-state index contributed by atoms with van der Waals surface area (Å²) in [5.41, 5.74) is 1.06. The number of carbonyl (C=O) groups excluding carboxylic acids is 1. The summed E-state index contributed by atoms with van der Waals surface area (Å²) in [4.78, 5) is 14.0. The summed E-state index contributed by atoms with van der Waals surface area (Å²) >= 11 is 0. The standard InChI is InChI=1S/C17H18F2N2O/c1-12(21(2)11-13-6-4-3-5-7-13)17(22)20-16-9-8-14(18)10-15(16)19/h3-10,12H,11H2,1-2H3,(H,20,22)/t12-/m1/s1. The summed E-state index contributed by atoms with van der Waals surface area (Å²) in [5, 5.41) is 2.48. The van der Waals surface area contributed by atoms with E-state index in [1.165, 1.54) is 6.07 Å². The van der Waals surface area contributed by atoms with E-state index in [1.807, 2.05) is 42.3 Å². The minimum Gasteiger partial charge on any atom is -0.322 e. The van der Waals surface area contributed by atoms with Gasteiger partial charge in [0.2, 0.25) is 5.91 Å². The average Bonchev–Trinajstić information content (AvgIpc) is 2.50. The summed E-state index contributed by atoms with van der Waals surface area (Å²) in [5.74, 6) is -1.81. The van der Waals surface area contributed by atoms with Crippen LogP contribution in [0.15, 0.2) is 48.5 Å². The van der Waals surface area contributed by atoms with Crippen LogP contribution in [0.3, 0.4) is 0 Å². The van der Waals surface area contributed by atoms with E-state index in [1.54, 1.807) is 6.92 Å². The van der Waals surface area contributed by atoms with E-state index < -0.39 is 17.7 Å². The smallest absolute Gasteiger partial charge is 0.241 e. The van der Waals surface area contributed by atoms with Gasteiger partial charge in [0, 0.05) is 12.6 Å². The Hall–Kier alpha value is -2.27. The Morgan fingerprint density at radius 1 is 1.18 bits per heavy atom. The third-order valence-corrected chi connectivity index (χ3v) is 3.50. The molecule has 2 aromatic carbocycles. The summed E-state index contributed by atoms with van der Waals surface area (Å²) < 4.78 is 26.4. The van der Waals surface area contributed by atoms with E-state index in [0.717, 1.165) is 17.7 Å². The number of carbonyl (C=O) groups is 1. The first-order valence-electron chi connectivity index (χ1n) is 6.97. The SMILES string of the molecule is C[C@H](C(=O)Nc1ccc(F)cc1F)N(C)Cc1ccccc1.